The van der Waals surface area contributed by atoms with Gasteiger partial charge in [0.05, 0.1) is 0 Å². The van der Waals surface area contributed by atoms with E-state index in [9.17, 15) is 0 Å². The van der Waals surface area contributed by atoms with Gasteiger partial charge >= 0.3 is 0 Å². The second-order valence-electron chi connectivity index (χ2n) is 6.14. The van der Waals surface area contributed by atoms with Crippen molar-refractivity contribution in [2.75, 3.05) is 0 Å². The Labute approximate surface area is 122 Å². The number of rotatable bonds is 3. The summed E-state index contributed by atoms with van der Waals surface area (Å²) >= 11 is 0. The molecule has 0 heterocycles. The van der Waals surface area contributed by atoms with Gasteiger partial charge in [-0.05, 0) is 65.8 Å². The Kier molecular flexibility index (Phi) is 3.91. The highest BCUT2D eigenvalue weighted by Crippen LogP contribution is 2.37. The van der Waals surface area contributed by atoms with Gasteiger partial charge in [-0.25, -0.2) is 0 Å². The molecule has 1 fully saturated rings. The van der Waals surface area contributed by atoms with E-state index in [0.717, 1.165) is 18.3 Å². The summed E-state index contributed by atoms with van der Waals surface area (Å²) in [6, 6.07) is 13.9. The Morgan fingerprint density at radius 2 is 1.70 bits per heavy atom. The normalized spacial score (nSPS) is 22.9. The zero-order chi connectivity index (χ0) is 13.9. The first-order valence-corrected chi connectivity index (χ1v) is 7.95. The average Bonchev–Trinajstić information content (AvgIpc) is 2.54. The molecule has 2 aromatic rings. The first-order chi connectivity index (χ1) is 9.80. The molecular weight excluding hydrogens is 240 g/mol. The van der Waals surface area contributed by atoms with Crippen molar-refractivity contribution < 1.29 is 0 Å². The highest BCUT2D eigenvalue weighted by Gasteiger charge is 2.20. The average molecular weight is 264 g/mol. The van der Waals surface area contributed by atoms with E-state index >= 15 is 0 Å². The minimum atomic E-state index is 0.749. The molecule has 1 aliphatic rings. The van der Waals surface area contributed by atoms with Gasteiger partial charge in [-0.15, -0.1) is 6.58 Å². The number of hydrogen-bond donors (Lipinski definition) is 0. The number of benzene rings is 2. The zero-order valence-corrected chi connectivity index (χ0v) is 12.4. The molecule has 0 aliphatic heterocycles. The largest absolute Gasteiger partial charge is 0.103 e. The molecule has 0 unspecified atom stereocenters. The molecule has 0 bridgehead atoms. The van der Waals surface area contributed by atoms with E-state index in [4.69, 9.17) is 0 Å². The lowest BCUT2D eigenvalue weighted by Crippen LogP contribution is -2.11. The summed E-state index contributed by atoms with van der Waals surface area (Å²) in [6.45, 7) is 6.16. The monoisotopic (exact) mass is 264 g/mol. The Morgan fingerprint density at radius 1 is 1.00 bits per heavy atom. The van der Waals surface area contributed by atoms with E-state index in [1.54, 1.807) is 0 Å². The van der Waals surface area contributed by atoms with Crippen LogP contribution in [0.4, 0.5) is 0 Å². The van der Waals surface area contributed by atoms with Crippen molar-refractivity contribution in [3.8, 4) is 0 Å². The Balaban J connectivity index is 1.84. The first kappa shape index (κ1) is 13.4. The van der Waals surface area contributed by atoms with Gasteiger partial charge in [0.25, 0.3) is 0 Å². The smallest absolute Gasteiger partial charge is 0.0161 e. The van der Waals surface area contributed by atoms with Crippen LogP contribution in [0, 0.1) is 5.92 Å². The van der Waals surface area contributed by atoms with Crippen LogP contribution in [0.5, 0.6) is 0 Å². The topological polar surface area (TPSA) is 0 Å². The van der Waals surface area contributed by atoms with Crippen molar-refractivity contribution in [3.63, 3.8) is 0 Å². The predicted molar refractivity (Wildman–Crippen MR) is 88.2 cm³/mol. The van der Waals surface area contributed by atoms with Crippen LogP contribution in [0.15, 0.2) is 49.1 Å². The summed E-state index contributed by atoms with van der Waals surface area (Å²) in [4.78, 5) is 0. The van der Waals surface area contributed by atoms with Crippen LogP contribution in [0.25, 0.3) is 10.8 Å². The summed E-state index contributed by atoms with van der Waals surface area (Å²) in [5.74, 6) is 1.50. The lowest BCUT2D eigenvalue weighted by atomic mass is 9.78. The summed E-state index contributed by atoms with van der Waals surface area (Å²) in [6.07, 6.45) is 8.50. The van der Waals surface area contributed by atoms with E-state index < -0.39 is 0 Å². The molecule has 0 heteroatoms. The van der Waals surface area contributed by atoms with Crippen molar-refractivity contribution in [1.82, 2.24) is 0 Å². The number of fused-ring (bicyclic) bond motifs is 1. The number of allylic oxidation sites excluding steroid dienone is 1. The van der Waals surface area contributed by atoms with E-state index in [2.05, 4.69) is 56.0 Å². The second kappa shape index (κ2) is 5.83. The molecule has 1 aliphatic carbocycles. The third kappa shape index (κ3) is 2.65. The van der Waals surface area contributed by atoms with E-state index in [1.165, 1.54) is 47.6 Å². The molecule has 2 aromatic carbocycles. The summed E-state index contributed by atoms with van der Waals surface area (Å²) in [5, 5.41) is 2.78. The van der Waals surface area contributed by atoms with Crippen LogP contribution in [-0.4, -0.2) is 0 Å². The predicted octanol–water partition coefficient (Wildman–Crippen LogP) is 5.86. The van der Waals surface area contributed by atoms with Crippen molar-refractivity contribution in [1.29, 1.82) is 0 Å². The van der Waals surface area contributed by atoms with Crippen molar-refractivity contribution >= 4 is 10.8 Å². The standard InChI is InChI=1S/C20H24/c1-3-15-5-8-17(9-6-15)19-12-11-18-13-16(4-2)7-10-20(18)14-19/h3,7,10-15,17H,1,4-6,8-9H2,2H3. The minimum Gasteiger partial charge on any atom is -0.103 e. The third-order valence-corrected chi connectivity index (χ3v) is 4.91. The molecule has 0 saturated heterocycles. The lowest BCUT2D eigenvalue weighted by molar-refractivity contribution is 0.376. The van der Waals surface area contributed by atoms with Gasteiger partial charge in [0.2, 0.25) is 0 Å². The molecular formula is C20H24. The van der Waals surface area contributed by atoms with Crippen LogP contribution in [0.2, 0.25) is 0 Å². The van der Waals surface area contributed by atoms with E-state index in [1.807, 2.05) is 0 Å². The highest BCUT2D eigenvalue weighted by molar-refractivity contribution is 5.84. The molecule has 0 aromatic heterocycles. The van der Waals surface area contributed by atoms with Gasteiger partial charge in [0.15, 0.2) is 0 Å². The SMILES string of the molecule is C=CC1CCC(c2ccc3cc(CC)ccc3c2)CC1. The minimum absolute atomic E-state index is 0.749. The van der Waals surface area contributed by atoms with Gasteiger partial charge in [-0.2, -0.15) is 0 Å². The van der Waals surface area contributed by atoms with Gasteiger partial charge in [-0.3, -0.25) is 0 Å². The molecule has 104 valence electrons. The van der Waals surface area contributed by atoms with E-state index in [0.29, 0.717) is 0 Å². The lowest BCUT2D eigenvalue weighted by Gasteiger charge is -2.27. The van der Waals surface area contributed by atoms with Crippen LogP contribution in [0.3, 0.4) is 0 Å². The third-order valence-electron chi connectivity index (χ3n) is 4.91. The fourth-order valence-corrected chi connectivity index (χ4v) is 3.48. The molecule has 20 heavy (non-hydrogen) atoms. The quantitative estimate of drug-likeness (QED) is 0.609. The molecule has 1 saturated carbocycles. The Bertz CT molecular complexity index is 600. The summed E-state index contributed by atoms with van der Waals surface area (Å²) in [7, 11) is 0. The maximum absolute atomic E-state index is 3.94. The number of hydrogen-bond acceptors (Lipinski definition) is 0. The molecule has 0 radical (unpaired) electrons. The van der Waals surface area contributed by atoms with Gasteiger partial charge < -0.3 is 0 Å². The summed E-state index contributed by atoms with van der Waals surface area (Å²) in [5.41, 5.74) is 2.96. The Morgan fingerprint density at radius 3 is 2.40 bits per heavy atom. The molecule has 0 N–H and O–H groups in total. The molecule has 0 spiro atoms. The maximum atomic E-state index is 3.94. The highest BCUT2D eigenvalue weighted by atomic mass is 14.2. The van der Waals surface area contributed by atoms with Gasteiger partial charge in [0.1, 0.15) is 0 Å². The second-order valence-corrected chi connectivity index (χ2v) is 6.14. The molecule has 3 rings (SSSR count). The van der Waals surface area contributed by atoms with Crippen molar-refractivity contribution in [3.05, 3.63) is 60.2 Å². The fourth-order valence-electron chi connectivity index (χ4n) is 3.48. The molecule has 0 amide bonds. The van der Waals surface area contributed by atoms with Gasteiger partial charge in [0, 0.05) is 0 Å². The summed E-state index contributed by atoms with van der Waals surface area (Å²) < 4.78 is 0. The van der Waals surface area contributed by atoms with E-state index in [-0.39, 0.29) is 0 Å². The fraction of sp³-hybridized carbons (Fsp3) is 0.400. The molecule has 0 nitrogen and oxygen atoms in total. The van der Waals surface area contributed by atoms with Crippen molar-refractivity contribution in [2.45, 2.75) is 44.9 Å². The maximum Gasteiger partial charge on any atom is -0.0161 e. The Hall–Kier alpha value is -1.56. The van der Waals surface area contributed by atoms with Crippen LogP contribution < -0.4 is 0 Å². The van der Waals surface area contributed by atoms with Crippen molar-refractivity contribution in [2.24, 2.45) is 5.92 Å². The van der Waals surface area contributed by atoms with Crippen LogP contribution >= 0.6 is 0 Å². The number of aryl methyl sites for hydroxylation is 1. The zero-order valence-electron chi connectivity index (χ0n) is 12.4. The van der Waals surface area contributed by atoms with Gasteiger partial charge in [-0.1, -0.05) is 49.4 Å². The molecule has 0 atom stereocenters. The first-order valence-electron chi connectivity index (χ1n) is 7.95. The van der Waals surface area contributed by atoms with Crippen LogP contribution in [0.1, 0.15) is 49.7 Å². The van der Waals surface area contributed by atoms with Crippen LogP contribution in [-0.2, 0) is 6.42 Å².